The highest BCUT2D eigenvalue weighted by atomic mass is 16.3. The molecule has 0 aliphatic heterocycles. The van der Waals surface area contributed by atoms with Gasteiger partial charge in [0.25, 0.3) is 0 Å². The number of benzene rings is 1. The first-order valence-corrected chi connectivity index (χ1v) is 6.45. The number of anilines is 1. The molecule has 1 aliphatic carbocycles. The molecular formula is C15H19NO2. The van der Waals surface area contributed by atoms with Gasteiger partial charge in [0.2, 0.25) is 5.91 Å². The SMILES string of the molecule is O=C(CC1=CCCCC1)Nc1cccc(CO)c1. The molecule has 0 radical (unpaired) electrons. The van der Waals surface area contributed by atoms with Crippen molar-refractivity contribution in [2.75, 3.05) is 5.32 Å². The van der Waals surface area contributed by atoms with Crippen LogP contribution in [0.5, 0.6) is 0 Å². The van der Waals surface area contributed by atoms with E-state index < -0.39 is 0 Å². The van der Waals surface area contributed by atoms with E-state index in [4.69, 9.17) is 5.11 Å². The number of rotatable bonds is 4. The van der Waals surface area contributed by atoms with Crippen LogP contribution in [0.15, 0.2) is 35.9 Å². The highest BCUT2D eigenvalue weighted by Gasteiger charge is 2.09. The maximum absolute atomic E-state index is 11.9. The van der Waals surface area contributed by atoms with Crippen molar-refractivity contribution in [2.45, 2.75) is 38.7 Å². The molecule has 96 valence electrons. The lowest BCUT2D eigenvalue weighted by atomic mass is 9.97. The second kappa shape index (κ2) is 6.36. The fourth-order valence-corrected chi connectivity index (χ4v) is 2.22. The minimum Gasteiger partial charge on any atom is -0.392 e. The van der Waals surface area contributed by atoms with Crippen molar-refractivity contribution in [3.05, 3.63) is 41.5 Å². The average molecular weight is 245 g/mol. The molecule has 0 saturated carbocycles. The highest BCUT2D eigenvalue weighted by molar-refractivity contribution is 5.92. The third-order valence-corrected chi connectivity index (χ3v) is 3.17. The zero-order chi connectivity index (χ0) is 12.8. The van der Waals surface area contributed by atoms with Gasteiger partial charge < -0.3 is 10.4 Å². The second-order valence-corrected chi connectivity index (χ2v) is 4.69. The summed E-state index contributed by atoms with van der Waals surface area (Å²) in [5, 5.41) is 11.9. The molecule has 1 aliphatic rings. The van der Waals surface area contributed by atoms with E-state index in [9.17, 15) is 4.79 Å². The van der Waals surface area contributed by atoms with Crippen molar-refractivity contribution in [1.29, 1.82) is 0 Å². The van der Waals surface area contributed by atoms with Gasteiger partial charge in [-0.25, -0.2) is 0 Å². The average Bonchev–Trinajstić information content (AvgIpc) is 2.40. The van der Waals surface area contributed by atoms with E-state index in [1.165, 1.54) is 18.4 Å². The molecule has 1 aromatic carbocycles. The van der Waals surface area contributed by atoms with Crippen molar-refractivity contribution >= 4 is 11.6 Å². The van der Waals surface area contributed by atoms with Crippen LogP contribution in [0, 0.1) is 0 Å². The minimum absolute atomic E-state index is 0.00510. The first kappa shape index (κ1) is 12.8. The van der Waals surface area contributed by atoms with E-state index in [1.807, 2.05) is 18.2 Å². The molecule has 0 unspecified atom stereocenters. The Kier molecular flexibility index (Phi) is 4.53. The Morgan fingerprint density at radius 2 is 2.22 bits per heavy atom. The standard InChI is InChI=1S/C15H19NO2/c17-11-13-7-4-8-14(9-13)16-15(18)10-12-5-2-1-3-6-12/h4-5,7-9,17H,1-3,6,10-11H2,(H,16,18). The number of carbonyl (C=O) groups is 1. The van der Waals surface area contributed by atoms with Crippen molar-refractivity contribution in [3.8, 4) is 0 Å². The van der Waals surface area contributed by atoms with Crippen LogP contribution < -0.4 is 5.32 Å². The zero-order valence-corrected chi connectivity index (χ0v) is 10.5. The number of aliphatic hydroxyl groups excluding tert-OH is 1. The number of allylic oxidation sites excluding steroid dienone is 1. The Hall–Kier alpha value is -1.61. The predicted molar refractivity (Wildman–Crippen MR) is 72.2 cm³/mol. The zero-order valence-electron chi connectivity index (χ0n) is 10.5. The lowest BCUT2D eigenvalue weighted by Crippen LogP contribution is -2.13. The molecule has 0 saturated heterocycles. The number of amides is 1. The quantitative estimate of drug-likeness (QED) is 0.801. The Morgan fingerprint density at radius 1 is 1.33 bits per heavy atom. The number of aliphatic hydroxyl groups is 1. The molecule has 3 heteroatoms. The largest absolute Gasteiger partial charge is 0.392 e. The van der Waals surface area contributed by atoms with Crippen LogP contribution in [0.25, 0.3) is 0 Å². The summed E-state index contributed by atoms with van der Waals surface area (Å²) in [5.41, 5.74) is 2.81. The van der Waals surface area contributed by atoms with Gasteiger partial charge in [-0.3, -0.25) is 4.79 Å². The molecule has 2 rings (SSSR count). The first-order valence-electron chi connectivity index (χ1n) is 6.45. The van der Waals surface area contributed by atoms with Crippen LogP contribution in [0.3, 0.4) is 0 Å². The van der Waals surface area contributed by atoms with Gasteiger partial charge >= 0.3 is 0 Å². The van der Waals surface area contributed by atoms with Gasteiger partial charge in [-0.05, 0) is 43.4 Å². The first-order chi connectivity index (χ1) is 8.78. The molecule has 0 atom stereocenters. The maximum atomic E-state index is 11.9. The van der Waals surface area contributed by atoms with Crippen molar-refractivity contribution in [3.63, 3.8) is 0 Å². The van der Waals surface area contributed by atoms with Crippen LogP contribution in [0.2, 0.25) is 0 Å². The van der Waals surface area contributed by atoms with Crippen LogP contribution in [0.4, 0.5) is 5.69 Å². The topological polar surface area (TPSA) is 49.3 Å². The van der Waals surface area contributed by atoms with Crippen molar-refractivity contribution in [2.24, 2.45) is 0 Å². The number of hydrogen-bond acceptors (Lipinski definition) is 2. The predicted octanol–water partition coefficient (Wildman–Crippen LogP) is 3.01. The number of carbonyl (C=O) groups excluding carboxylic acids is 1. The summed E-state index contributed by atoms with van der Waals surface area (Å²) < 4.78 is 0. The fourth-order valence-electron chi connectivity index (χ4n) is 2.22. The Morgan fingerprint density at radius 3 is 2.94 bits per heavy atom. The Balaban J connectivity index is 1.92. The van der Waals surface area contributed by atoms with E-state index in [-0.39, 0.29) is 12.5 Å². The molecule has 0 spiro atoms. The summed E-state index contributed by atoms with van der Waals surface area (Å²) in [6, 6.07) is 7.31. The monoisotopic (exact) mass is 245 g/mol. The molecule has 2 N–H and O–H groups in total. The van der Waals surface area contributed by atoms with Crippen molar-refractivity contribution in [1.82, 2.24) is 0 Å². The molecule has 1 amide bonds. The lowest BCUT2D eigenvalue weighted by Gasteiger charge is -2.12. The van der Waals surface area contributed by atoms with Gasteiger partial charge in [-0.15, -0.1) is 0 Å². The molecule has 18 heavy (non-hydrogen) atoms. The van der Waals surface area contributed by atoms with Gasteiger partial charge in [0.15, 0.2) is 0 Å². The smallest absolute Gasteiger partial charge is 0.228 e. The fraction of sp³-hybridized carbons (Fsp3) is 0.400. The molecule has 0 aromatic heterocycles. The maximum Gasteiger partial charge on any atom is 0.228 e. The molecular weight excluding hydrogens is 226 g/mol. The van der Waals surface area contributed by atoms with Gasteiger partial charge in [-0.2, -0.15) is 0 Å². The van der Waals surface area contributed by atoms with Crippen LogP contribution in [-0.4, -0.2) is 11.0 Å². The summed E-state index contributed by atoms with van der Waals surface area (Å²) in [7, 11) is 0. The van der Waals surface area contributed by atoms with E-state index in [2.05, 4.69) is 11.4 Å². The van der Waals surface area contributed by atoms with Gasteiger partial charge in [0, 0.05) is 12.1 Å². The Bertz CT molecular complexity index is 452. The summed E-state index contributed by atoms with van der Waals surface area (Å²) in [6.07, 6.45) is 7.26. The highest BCUT2D eigenvalue weighted by Crippen LogP contribution is 2.20. The van der Waals surface area contributed by atoms with Gasteiger partial charge in [0.05, 0.1) is 6.61 Å². The molecule has 3 nitrogen and oxygen atoms in total. The Labute approximate surface area is 108 Å². The molecule has 0 heterocycles. The van der Waals surface area contributed by atoms with Crippen LogP contribution in [0.1, 0.15) is 37.7 Å². The van der Waals surface area contributed by atoms with Gasteiger partial charge in [-0.1, -0.05) is 23.8 Å². The number of nitrogens with one attached hydrogen (secondary N) is 1. The summed E-state index contributed by atoms with van der Waals surface area (Å²) in [6.45, 7) is -0.00510. The van der Waals surface area contributed by atoms with E-state index in [0.29, 0.717) is 6.42 Å². The minimum atomic E-state index is -0.00510. The van der Waals surface area contributed by atoms with E-state index in [1.54, 1.807) is 6.07 Å². The second-order valence-electron chi connectivity index (χ2n) is 4.69. The lowest BCUT2D eigenvalue weighted by molar-refractivity contribution is -0.115. The van der Waals surface area contributed by atoms with E-state index >= 15 is 0 Å². The summed E-state index contributed by atoms with van der Waals surface area (Å²) in [5.74, 6) is 0.0261. The molecule has 1 aromatic rings. The third kappa shape index (κ3) is 3.70. The third-order valence-electron chi connectivity index (χ3n) is 3.17. The van der Waals surface area contributed by atoms with Gasteiger partial charge in [0.1, 0.15) is 0 Å². The van der Waals surface area contributed by atoms with E-state index in [0.717, 1.165) is 24.1 Å². The normalized spacial score (nSPS) is 15.1. The molecule has 0 fully saturated rings. The van der Waals surface area contributed by atoms with Crippen molar-refractivity contribution < 1.29 is 9.90 Å². The van der Waals surface area contributed by atoms with Crippen LogP contribution >= 0.6 is 0 Å². The van der Waals surface area contributed by atoms with Crippen LogP contribution in [-0.2, 0) is 11.4 Å². The summed E-state index contributed by atoms with van der Waals surface area (Å²) >= 11 is 0. The summed E-state index contributed by atoms with van der Waals surface area (Å²) in [4.78, 5) is 11.9. The number of hydrogen-bond donors (Lipinski definition) is 2. The molecule has 0 bridgehead atoms.